The molecule has 26 heavy (non-hydrogen) atoms. The Morgan fingerprint density at radius 1 is 1.38 bits per heavy atom. The molecule has 1 amide bonds. The molecule has 0 saturated carbocycles. The summed E-state index contributed by atoms with van der Waals surface area (Å²) in [5.74, 6) is -0.0376. The van der Waals surface area contributed by atoms with Crippen LogP contribution in [0.1, 0.15) is 37.6 Å². The first-order valence-electron chi connectivity index (χ1n) is 8.98. The van der Waals surface area contributed by atoms with Crippen LogP contribution in [0, 0.1) is 12.3 Å². The minimum Gasteiger partial charge on any atom is -0.323 e. The summed E-state index contributed by atoms with van der Waals surface area (Å²) < 4.78 is 1.96. The van der Waals surface area contributed by atoms with E-state index in [2.05, 4.69) is 29.2 Å². The van der Waals surface area contributed by atoms with Crippen LogP contribution in [-0.2, 0) is 24.8 Å². The number of aryl methyl sites for hydroxylation is 2. The van der Waals surface area contributed by atoms with Crippen molar-refractivity contribution in [1.82, 2.24) is 14.7 Å². The summed E-state index contributed by atoms with van der Waals surface area (Å²) in [5.41, 5.74) is 4.18. The quantitative estimate of drug-likeness (QED) is 0.889. The maximum absolute atomic E-state index is 12.9. The zero-order valence-electron chi connectivity index (χ0n) is 16.1. The first kappa shape index (κ1) is 18.9. The van der Waals surface area contributed by atoms with Gasteiger partial charge in [0, 0.05) is 31.4 Å². The third-order valence-electron chi connectivity index (χ3n) is 5.20. The van der Waals surface area contributed by atoms with E-state index in [4.69, 9.17) is 11.6 Å². The van der Waals surface area contributed by atoms with Crippen LogP contribution < -0.4 is 5.32 Å². The number of hydrogen-bond donors (Lipinski definition) is 1. The van der Waals surface area contributed by atoms with Crippen LogP contribution in [-0.4, -0.2) is 33.2 Å². The Kier molecular flexibility index (Phi) is 5.13. The van der Waals surface area contributed by atoms with E-state index < -0.39 is 0 Å². The van der Waals surface area contributed by atoms with E-state index in [-0.39, 0.29) is 17.4 Å². The minimum absolute atomic E-state index is 0.0376. The number of anilines is 1. The number of amides is 1. The van der Waals surface area contributed by atoms with Crippen LogP contribution >= 0.6 is 11.6 Å². The standard InChI is InChI=1S/C20H27ClN4O/c1-13-7-6-8-16(21)18(13)23-19(26)14(2)25-11-15-10-22-24(5)17(15)9-20(3,4)12-25/h6-8,10,14H,9,11-12H2,1-5H3,(H,23,26). The number of benzene rings is 1. The number of rotatable bonds is 3. The highest BCUT2D eigenvalue weighted by Gasteiger charge is 2.34. The van der Waals surface area contributed by atoms with E-state index in [1.807, 2.05) is 43.9 Å². The van der Waals surface area contributed by atoms with Crippen LogP contribution in [0.2, 0.25) is 5.02 Å². The molecule has 0 spiro atoms. The normalized spacial score (nSPS) is 18.1. The number of hydrogen-bond acceptors (Lipinski definition) is 3. The third kappa shape index (κ3) is 3.79. The number of carbonyl (C=O) groups excluding carboxylic acids is 1. The molecule has 1 unspecified atom stereocenters. The van der Waals surface area contributed by atoms with Crippen molar-refractivity contribution in [2.45, 2.75) is 46.7 Å². The summed E-state index contributed by atoms with van der Waals surface area (Å²) in [4.78, 5) is 15.2. The van der Waals surface area contributed by atoms with Crippen molar-refractivity contribution < 1.29 is 4.79 Å². The lowest BCUT2D eigenvalue weighted by Crippen LogP contribution is -2.45. The number of para-hydroxylation sites is 1. The van der Waals surface area contributed by atoms with E-state index in [0.717, 1.165) is 25.1 Å². The summed E-state index contributed by atoms with van der Waals surface area (Å²) in [6, 6.07) is 5.36. The number of halogens is 1. The van der Waals surface area contributed by atoms with Gasteiger partial charge in [-0.15, -0.1) is 0 Å². The van der Waals surface area contributed by atoms with Crippen molar-refractivity contribution in [2.24, 2.45) is 12.5 Å². The molecule has 5 nitrogen and oxygen atoms in total. The van der Waals surface area contributed by atoms with E-state index in [0.29, 0.717) is 10.7 Å². The SMILES string of the molecule is Cc1cccc(Cl)c1NC(=O)C(C)N1Cc2cnn(C)c2CC(C)(C)C1. The number of carbonyl (C=O) groups is 1. The summed E-state index contributed by atoms with van der Waals surface area (Å²) in [6.45, 7) is 9.96. The Morgan fingerprint density at radius 3 is 2.81 bits per heavy atom. The van der Waals surface area contributed by atoms with E-state index in [1.165, 1.54) is 11.3 Å². The van der Waals surface area contributed by atoms with Gasteiger partial charge < -0.3 is 5.32 Å². The van der Waals surface area contributed by atoms with Crippen molar-refractivity contribution >= 4 is 23.2 Å². The van der Waals surface area contributed by atoms with Gasteiger partial charge in [-0.1, -0.05) is 37.6 Å². The summed E-state index contributed by atoms with van der Waals surface area (Å²) in [7, 11) is 1.99. The van der Waals surface area contributed by atoms with Gasteiger partial charge in [0.1, 0.15) is 0 Å². The van der Waals surface area contributed by atoms with Gasteiger partial charge in [-0.05, 0) is 37.3 Å². The second-order valence-corrected chi connectivity index (χ2v) is 8.49. The summed E-state index contributed by atoms with van der Waals surface area (Å²) in [5, 5.41) is 7.99. The van der Waals surface area contributed by atoms with Crippen molar-refractivity contribution in [1.29, 1.82) is 0 Å². The molecule has 1 aromatic carbocycles. The molecule has 0 fully saturated rings. The third-order valence-corrected chi connectivity index (χ3v) is 5.51. The van der Waals surface area contributed by atoms with Crippen LogP contribution in [0.15, 0.2) is 24.4 Å². The first-order valence-corrected chi connectivity index (χ1v) is 9.35. The fourth-order valence-corrected chi connectivity index (χ4v) is 3.93. The maximum atomic E-state index is 12.9. The zero-order chi connectivity index (χ0) is 19.1. The fraction of sp³-hybridized carbons (Fsp3) is 0.500. The van der Waals surface area contributed by atoms with Gasteiger partial charge in [0.2, 0.25) is 5.91 Å². The molecule has 0 bridgehead atoms. The number of fused-ring (bicyclic) bond motifs is 1. The largest absolute Gasteiger partial charge is 0.323 e. The lowest BCUT2D eigenvalue weighted by molar-refractivity contribution is -0.121. The second kappa shape index (κ2) is 7.05. The monoisotopic (exact) mass is 374 g/mol. The molecule has 2 aromatic rings. The van der Waals surface area contributed by atoms with Gasteiger partial charge in [0.15, 0.2) is 0 Å². The minimum atomic E-state index is -0.267. The number of nitrogens with one attached hydrogen (secondary N) is 1. The smallest absolute Gasteiger partial charge is 0.241 e. The Hall–Kier alpha value is -1.85. The van der Waals surface area contributed by atoms with Gasteiger partial charge in [-0.3, -0.25) is 14.4 Å². The van der Waals surface area contributed by atoms with Crippen molar-refractivity contribution in [3.8, 4) is 0 Å². The molecular weight excluding hydrogens is 348 g/mol. The Balaban J connectivity index is 1.82. The molecule has 0 aliphatic carbocycles. The number of aromatic nitrogens is 2. The molecular formula is C20H27ClN4O. The molecule has 6 heteroatoms. The Labute approximate surface area is 160 Å². The zero-order valence-corrected chi connectivity index (χ0v) is 16.9. The molecule has 1 atom stereocenters. The molecule has 2 heterocycles. The van der Waals surface area contributed by atoms with Crippen LogP contribution in [0.25, 0.3) is 0 Å². The highest BCUT2D eigenvalue weighted by Crippen LogP contribution is 2.31. The molecule has 0 saturated heterocycles. The number of nitrogens with zero attached hydrogens (tertiary/aromatic N) is 3. The average Bonchev–Trinajstić information content (AvgIpc) is 2.81. The van der Waals surface area contributed by atoms with Crippen molar-refractivity contribution in [2.75, 3.05) is 11.9 Å². The topological polar surface area (TPSA) is 50.2 Å². The van der Waals surface area contributed by atoms with Gasteiger partial charge in [-0.2, -0.15) is 5.10 Å². The Bertz CT molecular complexity index is 807. The van der Waals surface area contributed by atoms with Crippen LogP contribution in [0.4, 0.5) is 5.69 Å². The average molecular weight is 375 g/mol. The van der Waals surface area contributed by atoms with E-state index in [9.17, 15) is 4.79 Å². The Morgan fingerprint density at radius 2 is 2.12 bits per heavy atom. The fourth-order valence-electron chi connectivity index (χ4n) is 3.66. The molecule has 3 rings (SSSR count). The second-order valence-electron chi connectivity index (χ2n) is 8.08. The molecule has 140 valence electrons. The molecule has 1 aliphatic heterocycles. The highest BCUT2D eigenvalue weighted by molar-refractivity contribution is 6.34. The highest BCUT2D eigenvalue weighted by atomic mass is 35.5. The molecule has 1 aliphatic rings. The van der Waals surface area contributed by atoms with Gasteiger partial charge in [-0.25, -0.2) is 0 Å². The lowest BCUT2D eigenvalue weighted by atomic mass is 9.87. The molecule has 1 N–H and O–H groups in total. The molecule has 0 radical (unpaired) electrons. The lowest BCUT2D eigenvalue weighted by Gasteiger charge is -2.33. The summed E-state index contributed by atoms with van der Waals surface area (Å²) in [6.07, 6.45) is 2.87. The van der Waals surface area contributed by atoms with Gasteiger partial charge in [0.05, 0.1) is 22.9 Å². The van der Waals surface area contributed by atoms with Gasteiger partial charge >= 0.3 is 0 Å². The molecule has 1 aromatic heterocycles. The predicted octanol–water partition coefficient (Wildman–Crippen LogP) is 3.79. The van der Waals surface area contributed by atoms with Crippen molar-refractivity contribution in [3.05, 3.63) is 46.2 Å². The van der Waals surface area contributed by atoms with Gasteiger partial charge in [0.25, 0.3) is 0 Å². The van der Waals surface area contributed by atoms with E-state index in [1.54, 1.807) is 6.07 Å². The van der Waals surface area contributed by atoms with Crippen LogP contribution in [0.5, 0.6) is 0 Å². The maximum Gasteiger partial charge on any atom is 0.241 e. The first-order chi connectivity index (χ1) is 12.2. The summed E-state index contributed by atoms with van der Waals surface area (Å²) >= 11 is 6.27. The predicted molar refractivity (Wildman–Crippen MR) is 105 cm³/mol. The van der Waals surface area contributed by atoms with Crippen LogP contribution in [0.3, 0.4) is 0 Å². The van der Waals surface area contributed by atoms with Crippen molar-refractivity contribution in [3.63, 3.8) is 0 Å². The van der Waals surface area contributed by atoms with E-state index >= 15 is 0 Å².